The minimum absolute atomic E-state index is 0.0322. The van der Waals surface area contributed by atoms with Crippen molar-refractivity contribution in [3.05, 3.63) is 0 Å². The maximum Gasteiger partial charge on any atom is 0.267 e. The van der Waals surface area contributed by atoms with Gasteiger partial charge >= 0.3 is 0 Å². The molecular weight excluding hydrogens is 480 g/mol. The van der Waals surface area contributed by atoms with E-state index >= 15 is 0 Å². The maximum absolute atomic E-state index is 10.5. The second kappa shape index (κ2) is 29.3. The monoisotopic (exact) mass is 538 g/mol. The van der Waals surface area contributed by atoms with E-state index in [9.17, 15) is 8.42 Å². The lowest BCUT2D eigenvalue weighted by molar-refractivity contribution is -0.000737. The van der Waals surface area contributed by atoms with Crippen LogP contribution < -0.4 is 0 Å². The molecule has 0 aromatic carbocycles. The van der Waals surface area contributed by atoms with Gasteiger partial charge in [-0.2, -0.15) is 8.42 Å². The standard InChI is InChI=1S/C28H58O7S/c1-2-3-4-5-6-7-8-9-10-11-12-13-14-15-16-17-18-19-20-32-21-22-33-23-24-34-25-26-35-27-28-36(29,30)31/h2-28H2,1H3,(H,29,30,31). The minimum atomic E-state index is -3.95. The number of hydrogen-bond acceptors (Lipinski definition) is 6. The van der Waals surface area contributed by atoms with E-state index in [2.05, 4.69) is 6.92 Å². The van der Waals surface area contributed by atoms with Gasteiger partial charge in [-0.05, 0) is 6.42 Å². The molecule has 0 heterocycles. The molecule has 1 N–H and O–H groups in total. The summed E-state index contributed by atoms with van der Waals surface area (Å²) in [5.74, 6) is -0.393. The van der Waals surface area contributed by atoms with Gasteiger partial charge in [-0.15, -0.1) is 0 Å². The molecule has 0 spiro atoms. The molecule has 0 aromatic heterocycles. The Morgan fingerprint density at radius 2 is 0.694 bits per heavy atom. The van der Waals surface area contributed by atoms with E-state index in [-0.39, 0.29) is 13.2 Å². The van der Waals surface area contributed by atoms with Crippen LogP contribution in [0.1, 0.15) is 122 Å². The summed E-state index contributed by atoms with van der Waals surface area (Å²) in [5, 5.41) is 0. The summed E-state index contributed by atoms with van der Waals surface area (Å²) in [5.41, 5.74) is 0. The molecule has 0 unspecified atom stereocenters. The smallest absolute Gasteiger partial charge is 0.267 e. The molecule has 7 nitrogen and oxygen atoms in total. The van der Waals surface area contributed by atoms with E-state index in [1.54, 1.807) is 0 Å². The maximum atomic E-state index is 10.5. The van der Waals surface area contributed by atoms with Crippen molar-refractivity contribution in [1.29, 1.82) is 0 Å². The normalized spacial score (nSPS) is 11.9. The highest BCUT2D eigenvalue weighted by molar-refractivity contribution is 7.85. The van der Waals surface area contributed by atoms with Crippen molar-refractivity contribution in [3.8, 4) is 0 Å². The Morgan fingerprint density at radius 3 is 1.03 bits per heavy atom. The van der Waals surface area contributed by atoms with Gasteiger partial charge in [0.05, 0.1) is 52.0 Å². The molecule has 0 rings (SSSR count). The van der Waals surface area contributed by atoms with Crippen molar-refractivity contribution in [3.63, 3.8) is 0 Å². The third kappa shape index (κ3) is 33.8. The molecule has 36 heavy (non-hydrogen) atoms. The minimum Gasteiger partial charge on any atom is -0.379 e. The Bertz CT molecular complexity index is 514. The van der Waals surface area contributed by atoms with Crippen molar-refractivity contribution in [2.24, 2.45) is 0 Å². The summed E-state index contributed by atoms with van der Waals surface area (Å²) >= 11 is 0. The third-order valence-corrected chi connectivity index (χ3v) is 6.93. The van der Waals surface area contributed by atoms with Crippen molar-refractivity contribution in [1.82, 2.24) is 0 Å². The summed E-state index contributed by atoms with van der Waals surface area (Å²) in [4.78, 5) is 0. The molecule has 0 aliphatic heterocycles. The molecule has 0 aromatic rings. The molecule has 0 saturated carbocycles. The summed E-state index contributed by atoms with van der Waals surface area (Å²) < 4.78 is 51.0. The van der Waals surface area contributed by atoms with Crippen LogP contribution in [0.4, 0.5) is 0 Å². The number of rotatable bonds is 31. The van der Waals surface area contributed by atoms with Gasteiger partial charge in [-0.25, -0.2) is 0 Å². The van der Waals surface area contributed by atoms with Crippen LogP contribution in [0.25, 0.3) is 0 Å². The zero-order valence-corrected chi connectivity index (χ0v) is 24.2. The first-order chi connectivity index (χ1) is 17.6. The summed E-state index contributed by atoms with van der Waals surface area (Å²) in [6, 6.07) is 0. The summed E-state index contributed by atoms with van der Waals surface area (Å²) in [6.07, 6.45) is 25.0. The van der Waals surface area contributed by atoms with E-state index in [0.717, 1.165) is 13.0 Å². The van der Waals surface area contributed by atoms with Gasteiger partial charge in [0.15, 0.2) is 0 Å². The first-order valence-corrected chi connectivity index (χ1v) is 16.4. The molecule has 0 bridgehead atoms. The molecule has 0 aliphatic carbocycles. The molecule has 0 atom stereocenters. The number of hydrogen-bond donors (Lipinski definition) is 1. The SMILES string of the molecule is CCCCCCCCCCCCCCCCCCCCOCCOCCOCCOCCS(=O)(=O)O. The van der Waals surface area contributed by atoms with E-state index in [4.69, 9.17) is 23.5 Å². The molecular formula is C28H58O7S. The predicted octanol–water partition coefficient (Wildman–Crippen LogP) is 6.98. The van der Waals surface area contributed by atoms with E-state index in [0.29, 0.717) is 33.0 Å². The Morgan fingerprint density at radius 1 is 0.417 bits per heavy atom. The van der Waals surface area contributed by atoms with Crippen LogP contribution in [0.15, 0.2) is 0 Å². The van der Waals surface area contributed by atoms with Crippen LogP contribution in [-0.4, -0.2) is 71.6 Å². The zero-order valence-electron chi connectivity index (χ0n) is 23.4. The van der Waals surface area contributed by atoms with Crippen LogP contribution in [0, 0.1) is 0 Å². The number of unbranched alkanes of at least 4 members (excludes halogenated alkanes) is 17. The lowest BCUT2D eigenvalue weighted by atomic mass is 10.0. The van der Waals surface area contributed by atoms with Crippen molar-refractivity contribution < 1.29 is 31.9 Å². The van der Waals surface area contributed by atoms with E-state index in [1.165, 1.54) is 109 Å². The van der Waals surface area contributed by atoms with Crippen LogP contribution >= 0.6 is 0 Å². The second-order valence-corrected chi connectivity index (χ2v) is 11.3. The first kappa shape index (κ1) is 35.8. The predicted molar refractivity (Wildman–Crippen MR) is 148 cm³/mol. The van der Waals surface area contributed by atoms with Gasteiger partial charge in [0, 0.05) is 6.61 Å². The van der Waals surface area contributed by atoms with Crippen LogP contribution in [0.2, 0.25) is 0 Å². The van der Waals surface area contributed by atoms with Gasteiger partial charge in [-0.3, -0.25) is 4.55 Å². The van der Waals surface area contributed by atoms with Gasteiger partial charge in [0.1, 0.15) is 0 Å². The molecule has 0 amide bonds. The highest BCUT2D eigenvalue weighted by Crippen LogP contribution is 2.14. The average Bonchev–Trinajstić information content (AvgIpc) is 2.84. The number of ether oxygens (including phenoxy) is 4. The lowest BCUT2D eigenvalue weighted by Crippen LogP contribution is -2.15. The van der Waals surface area contributed by atoms with E-state index < -0.39 is 15.9 Å². The zero-order chi connectivity index (χ0) is 26.4. The topological polar surface area (TPSA) is 91.3 Å². The summed E-state index contributed by atoms with van der Waals surface area (Å²) in [7, 11) is -3.95. The first-order valence-electron chi connectivity index (χ1n) is 14.8. The van der Waals surface area contributed by atoms with Gasteiger partial charge in [0.2, 0.25) is 0 Å². The van der Waals surface area contributed by atoms with Crippen molar-refractivity contribution >= 4 is 10.1 Å². The Hall–Kier alpha value is -0.250. The second-order valence-electron chi connectivity index (χ2n) is 9.75. The molecule has 8 heteroatoms. The van der Waals surface area contributed by atoms with Crippen LogP contribution in [-0.2, 0) is 29.1 Å². The fraction of sp³-hybridized carbons (Fsp3) is 1.00. The summed E-state index contributed by atoms with van der Waals surface area (Å²) in [6.45, 7) is 5.84. The Balaban J connectivity index is 3.04. The van der Waals surface area contributed by atoms with Crippen LogP contribution in [0.3, 0.4) is 0 Å². The molecule has 0 saturated heterocycles. The fourth-order valence-electron chi connectivity index (χ4n) is 4.03. The third-order valence-electron chi connectivity index (χ3n) is 6.24. The molecule has 218 valence electrons. The Labute approximate surface area is 223 Å². The quantitative estimate of drug-likeness (QED) is 0.0752. The highest BCUT2D eigenvalue weighted by Gasteiger charge is 2.03. The van der Waals surface area contributed by atoms with Gasteiger partial charge in [0.25, 0.3) is 10.1 Å². The van der Waals surface area contributed by atoms with Gasteiger partial charge in [-0.1, -0.05) is 116 Å². The van der Waals surface area contributed by atoms with Crippen molar-refractivity contribution in [2.75, 3.05) is 58.6 Å². The Kier molecular flexibility index (Phi) is 29.1. The largest absolute Gasteiger partial charge is 0.379 e. The highest BCUT2D eigenvalue weighted by atomic mass is 32.2. The van der Waals surface area contributed by atoms with Crippen molar-refractivity contribution in [2.45, 2.75) is 122 Å². The average molecular weight is 539 g/mol. The fourth-order valence-corrected chi connectivity index (χ4v) is 4.36. The van der Waals surface area contributed by atoms with E-state index in [1.807, 2.05) is 0 Å². The molecule has 0 aliphatic rings. The molecule has 0 fully saturated rings. The van der Waals surface area contributed by atoms with Crippen LogP contribution in [0.5, 0.6) is 0 Å². The lowest BCUT2D eigenvalue weighted by Gasteiger charge is -2.07. The molecule has 0 radical (unpaired) electrons. The van der Waals surface area contributed by atoms with Gasteiger partial charge < -0.3 is 18.9 Å².